The lowest BCUT2D eigenvalue weighted by Crippen LogP contribution is -2.44. The molecule has 1 aliphatic rings. The van der Waals surface area contributed by atoms with Gasteiger partial charge < -0.3 is 10.2 Å². The molecule has 1 aliphatic heterocycles. The van der Waals surface area contributed by atoms with Crippen LogP contribution in [0.25, 0.3) is 0 Å². The van der Waals surface area contributed by atoms with E-state index in [9.17, 15) is 13.2 Å². The van der Waals surface area contributed by atoms with E-state index in [1.54, 1.807) is 24.3 Å². The number of nitrogens with one attached hydrogen (secondary N) is 2. The van der Waals surface area contributed by atoms with Gasteiger partial charge in [-0.15, -0.1) is 0 Å². The van der Waals surface area contributed by atoms with Crippen molar-refractivity contribution in [3.05, 3.63) is 59.1 Å². The molecule has 0 radical (unpaired) electrons. The SMILES string of the molecule is CCCN1CCC(NC(=O)c2ccc(S(=O)(=O)Nc3ccc(Cl)cc3)cc2)CC1. The van der Waals surface area contributed by atoms with Crippen LogP contribution in [0.15, 0.2) is 53.4 Å². The molecule has 0 aromatic heterocycles. The predicted octanol–water partition coefficient (Wildman–Crippen LogP) is 3.75. The van der Waals surface area contributed by atoms with Gasteiger partial charge in [-0.3, -0.25) is 9.52 Å². The first-order valence-electron chi connectivity index (χ1n) is 9.79. The minimum Gasteiger partial charge on any atom is -0.349 e. The van der Waals surface area contributed by atoms with E-state index in [0.29, 0.717) is 16.3 Å². The number of anilines is 1. The maximum Gasteiger partial charge on any atom is 0.261 e. The van der Waals surface area contributed by atoms with Gasteiger partial charge in [0.05, 0.1) is 4.90 Å². The molecule has 0 aliphatic carbocycles. The van der Waals surface area contributed by atoms with Crippen molar-refractivity contribution in [2.75, 3.05) is 24.4 Å². The molecule has 3 rings (SSSR count). The average molecular weight is 436 g/mol. The first-order chi connectivity index (χ1) is 13.9. The van der Waals surface area contributed by atoms with Crippen molar-refractivity contribution in [2.24, 2.45) is 0 Å². The molecule has 1 amide bonds. The Balaban J connectivity index is 1.59. The number of hydrogen-bond acceptors (Lipinski definition) is 4. The summed E-state index contributed by atoms with van der Waals surface area (Å²) in [6.07, 6.45) is 3.01. The van der Waals surface area contributed by atoms with Gasteiger partial charge in [-0.2, -0.15) is 0 Å². The number of carbonyl (C=O) groups is 1. The van der Waals surface area contributed by atoms with Crippen molar-refractivity contribution in [2.45, 2.75) is 37.1 Å². The quantitative estimate of drug-likeness (QED) is 0.694. The molecule has 29 heavy (non-hydrogen) atoms. The van der Waals surface area contributed by atoms with Crippen LogP contribution in [0.4, 0.5) is 5.69 Å². The average Bonchev–Trinajstić information content (AvgIpc) is 2.71. The fraction of sp³-hybridized carbons (Fsp3) is 0.381. The molecular weight excluding hydrogens is 410 g/mol. The van der Waals surface area contributed by atoms with Gasteiger partial charge in [-0.05, 0) is 74.3 Å². The number of carbonyl (C=O) groups excluding carboxylic acids is 1. The molecule has 1 saturated heterocycles. The Labute approximate surface area is 177 Å². The van der Waals surface area contributed by atoms with E-state index >= 15 is 0 Å². The van der Waals surface area contributed by atoms with E-state index in [1.807, 2.05) is 0 Å². The number of hydrogen-bond donors (Lipinski definition) is 2. The van der Waals surface area contributed by atoms with Crippen molar-refractivity contribution in [1.29, 1.82) is 0 Å². The largest absolute Gasteiger partial charge is 0.349 e. The molecule has 0 atom stereocenters. The number of likely N-dealkylation sites (tertiary alicyclic amines) is 1. The Morgan fingerprint density at radius 3 is 2.28 bits per heavy atom. The Morgan fingerprint density at radius 2 is 1.69 bits per heavy atom. The highest BCUT2D eigenvalue weighted by molar-refractivity contribution is 7.92. The van der Waals surface area contributed by atoms with Crippen LogP contribution in [0, 0.1) is 0 Å². The highest BCUT2D eigenvalue weighted by Gasteiger charge is 2.21. The van der Waals surface area contributed by atoms with E-state index in [4.69, 9.17) is 11.6 Å². The second-order valence-corrected chi connectivity index (χ2v) is 9.34. The van der Waals surface area contributed by atoms with Crippen LogP contribution in [0.2, 0.25) is 5.02 Å². The van der Waals surface area contributed by atoms with Crippen molar-refractivity contribution < 1.29 is 13.2 Å². The van der Waals surface area contributed by atoms with E-state index < -0.39 is 10.0 Å². The van der Waals surface area contributed by atoms with Gasteiger partial charge in [0.25, 0.3) is 15.9 Å². The number of nitrogens with zero attached hydrogens (tertiary/aromatic N) is 1. The number of piperidine rings is 1. The third-order valence-corrected chi connectivity index (χ3v) is 6.64. The first kappa shape index (κ1) is 21.6. The zero-order valence-corrected chi connectivity index (χ0v) is 18.0. The van der Waals surface area contributed by atoms with Gasteiger partial charge >= 0.3 is 0 Å². The minimum atomic E-state index is -3.74. The fourth-order valence-electron chi connectivity index (χ4n) is 3.40. The predicted molar refractivity (Wildman–Crippen MR) is 116 cm³/mol. The van der Waals surface area contributed by atoms with E-state index in [2.05, 4.69) is 21.9 Å². The summed E-state index contributed by atoms with van der Waals surface area (Å²) in [7, 11) is -3.74. The third-order valence-electron chi connectivity index (χ3n) is 4.99. The molecule has 156 valence electrons. The second kappa shape index (κ2) is 9.61. The summed E-state index contributed by atoms with van der Waals surface area (Å²) in [5, 5.41) is 3.59. The monoisotopic (exact) mass is 435 g/mol. The standard InChI is InChI=1S/C21H26ClN3O3S/c1-2-13-25-14-11-18(12-15-25)23-21(26)16-3-9-20(10-4-16)29(27,28)24-19-7-5-17(22)6-8-19/h3-10,18,24H,2,11-15H2,1H3,(H,23,26). The number of amides is 1. The Hall–Kier alpha value is -2.09. The summed E-state index contributed by atoms with van der Waals surface area (Å²) < 4.78 is 27.5. The zero-order chi connectivity index (χ0) is 20.9. The smallest absolute Gasteiger partial charge is 0.261 e. The summed E-state index contributed by atoms with van der Waals surface area (Å²) in [4.78, 5) is 15.0. The van der Waals surface area contributed by atoms with Crippen LogP contribution in [0.5, 0.6) is 0 Å². The number of benzene rings is 2. The van der Waals surface area contributed by atoms with Crippen molar-refractivity contribution in [1.82, 2.24) is 10.2 Å². The molecule has 0 unspecified atom stereocenters. The summed E-state index contributed by atoms with van der Waals surface area (Å²) in [5.41, 5.74) is 0.872. The van der Waals surface area contributed by atoms with Gasteiger partial charge in [0.15, 0.2) is 0 Å². The first-order valence-corrected chi connectivity index (χ1v) is 11.6. The van der Waals surface area contributed by atoms with Crippen LogP contribution in [-0.4, -0.2) is 44.9 Å². The maximum atomic E-state index is 12.5. The minimum absolute atomic E-state index is 0.0943. The molecule has 1 fully saturated rings. The van der Waals surface area contributed by atoms with Gasteiger partial charge in [0.1, 0.15) is 0 Å². The summed E-state index contributed by atoms with van der Waals surface area (Å²) in [5.74, 6) is -0.173. The van der Waals surface area contributed by atoms with Gasteiger partial charge in [-0.1, -0.05) is 18.5 Å². The summed E-state index contributed by atoms with van der Waals surface area (Å²) >= 11 is 5.82. The van der Waals surface area contributed by atoms with E-state index in [-0.39, 0.29) is 16.8 Å². The van der Waals surface area contributed by atoms with Gasteiger partial charge in [0.2, 0.25) is 0 Å². The fourth-order valence-corrected chi connectivity index (χ4v) is 4.59. The van der Waals surface area contributed by atoms with Crippen LogP contribution in [-0.2, 0) is 10.0 Å². The number of rotatable bonds is 7. The van der Waals surface area contributed by atoms with Crippen molar-refractivity contribution in [3.63, 3.8) is 0 Å². The summed E-state index contributed by atoms with van der Waals surface area (Å²) in [6, 6.07) is 12.5. The lowest BCUT2D eigenvalue weighted by Gasteiger charge is -2.32. The molecule has 2 aromatic rings. The molecule has 1 heterocycles. The van der Waals surface area contributed by atoms with Crippen molar-refractivity contribution >= 4 is 33.2 Å². The van der Waals surface area contributed by atoms with Crippen LogP contribution in [0.3, 0.4) is 0 Å². The molecular formula is C21H26ClN3O3S. The Bertz CT molecular complexity index is 923. The van der Waals surface area contributed by atoms with Crippen LogP contribution in [0.1, 0.15) is 36.5 Å². The van der Waals surface area contributed by atoms with Crippen molar-refractivity contribution in [3.8, 4) is 0 Å². The highest BCUT2D eigenvalue weighted by atomic mass is 35.5. The third kappa shape index (κ3) is 5.95. The number of sulfonamides is 1. The molecule has 0 saturated carbocycles. The number of halogens is 1. The highest BCUT2D eigenvalue weighted by Crippen LogP contribution is 2.19. The summed E-state index contributed by atoms with van der Waals surface area (Å²) in [6.45, 7) is 5.25. The molecule has 0 bridgehead atoms. The normalized spacial score (nSPS) is 15.8. The van der Waals surface area contributed by atoms with E-state index in [1.165, 1.54) is 24.3 Å². The van der Waals surface area contributed by atoms with Gasteiger partial charge in [0, 0.05) is 35.4 Å². The van der Waals surface area contributed by atoms with Crippen LogP contribution >= 0.6 is 11.6 Å². The Kier molecular flexibility index (Phi) is 7.16. The topological polar surface area (TPSA) is 78.5 Å². The molecule has 2 aromatic carbocycles. The lowest BCUT2D eigenvalue weighted by molar-refractivity contribution is 0.0911. The maximum absolute atomic E-state index is 12.5. The van der Waals surface area contributed by atoms with E-state index in [0.717, 1.165) is 38.9 Å². The zero-order valence-electron chi connectivity index (χ0n) is 16.4. The molecule has 2 N–H and O–H groups in total. The Morgan fingerprint density at radius 1 is 1.07 bits per heavy atom. The molecule has 0 spiro atoms. The van der Waals surface area contributed by atoms with Crippen LogP contribution < -0.4 is 10.0 Å². The molecule has 8 heteroatoms. The van der Waals surface area contributed by atoms with Gasteiger partial charge in [-0.25, -0.2) is 8.42 Å². The molecule has 6 nitrogen and oxygen atoms in total. The lowest BCUT2D eigenvalue weighted by atomic mass is 10.0. The second-order valence-electron chi connectivity index (χ2n) is 7.23.